The van der Waals surface area contributed by atoms with Gasteiger partial charge in [0.05, 0.1) is 19.6 Å². The van der Waals surface area contributed by atoms with Crippen molar-refractivity contribution in [1.82, 2.24) is 4.98 Å². The van der Waals surface area contributed by atoms with Crippen molar-refractivity contribution in [3.05, 3.63) is 17.2 Å². The van der Waals surface area contributed by atoms with E-state index in [4.69, 9.17) is 15.7 Å². The molecular formula is C10H10F3N3O2. The monoisotopic (exact) mass is 261 g/mol. The summed E-state index contributed by atoms with van der Waals surface area (Å²) in [6.07, 6.45) is -5.15. The minimum atomic E-state index is -4.88. The van der Waals surface area contributed by atoms with Crippen molar-refractivity contribution < 1.29 is 22.6 Å². The number of rotatable bonds is 4. The SMILES string of the molecule is COc1nc(OC(F)(F)F)c(CC#N)cc1CN. The minimum Gasteiger partial charge on any atom is -0.481 e. The molecule has 1 aromatic rings. The van der Waals surface area contributed by atoms with Crippen molar-refractivity contribution in [1.29, 1.82) is 5.26 Å². The maximum absolute atomic E-state index is 12.2. The molecule has 0 unspecified atom stereocenters. The molecule has 5 nitrogen and oxygen atoms in total. The van der Waals surface area contributed by atoms with Crippen LogP contribution >= 0.6 is 0 Å². The summed E-state index contributed by atoms with van der Waals surface area (Å²) >= 11 is 0. The molecule has 98 valence electrons. The van der Waals surface area contributed by atoms with Crippen LogP contribution in [0.2, 0.25) is 0 Å². The van der Waals surface area contributed by atoms with Gasteiger partial charge in [-0.2, -0.15) is 10.2 Å². The average Bonchev–Trinajstić information content (AvgIpc) is 2.29. The number of nitrogens with zero attached hydrogens (tertiary/aromatic N) is 2. The molecule has 0 saturated heterocycles. The highest BCUT2D eigenvalue weighted by molar-refractivity contribution is 5.39. The van der Waals surface area contributed by atoms with Gasteiger partial charge < -0.3 is 15.2 Å². The summed E-state index contributed by atoms with van der Waals surface area (Å²) in [6, 6.07) is 3.05. The Morgan fingerprint density at radius 2 is 2.06 bits per heavy atom. The maximum Gasteiger partial charge on any atom is 0.574 e. The van der Waals surface area contributed by atoms with E-state index in [1.807, 2.05) is 0 Å². The summed E-state index contributed by atoms with van der Waals surface area (Å²) in [7, 11) is 1.25. The van der Waals surface area contributed by atoms with E-state index in [-0.39, 0.29) is 24.4 Å². The van der Waals surface area contributed by atoms with E-state index in [2.05, 4.69) is 9.72 Å². The number of alkyl halides is 3. The highest BCUT2D eigenvalue weighted by atomic mass is 19.4. The van der Waals surface area contributed by atoms with Gasteiger partial charge in [0.25, 0.3) is 0 Å². The lowest BCUT2D eigenvalue weighted by atomic mass is 10.1. The van der Waals surface area contributed by atoms with Gasteiger partial charge in [-0.25, -0.2) is 0 Å². The van der Waals surface area contributed by atoms with E-state index in [9.17, 15) is 13.2 Å². The predicted octanol–water partition coefficient (Wildman–Crippen LogP) is 1.51. The van der Waals surface area contributed by atoms with Gasteiger partial charge in [0.1, 0.15) is 0 Å². The largest absolute Gasteiger partial charge is 0.574 e. The predicted molar refractivity (Wildman–Crippen MR) is 54.7 cm³/mol. The molecule has 0 radical (unpaired) electrons. The lowest BCUT2D eigenvalue weighted by molar-refractivity contribution is -0.276. The Morgan fingerprint density at radius 1 is 1.39 bits per heavy atom. The van der Waals surface area contributed by atoms with Crippen LogP contribution in [0.1, 0.15) is 11.1 Å². The van der Waals surface area contributed by atoms with Crippen molar-refractivity contribution in [3.8, 4) is 17.8 Å². The van der Waals surface area contributed by atoms with Gasteiger partial charge in [0, 0.05) is 17.7 Å². The fourth-order valence-corrected chi connectivity index (χ4v) is 1.30. The van der Waals surface area contributed by atoms with E-state index in [1.165, 1.54) is 13.2 Å². The van der Waals surface area contributed by atoms with Crippen molar-refractivity contribution >= 4 is 0 Å². The number of hydrogen-bond acceptors (Lipinski definition) is 5. The second-order valence-corrected chi connectivity index (χ2v) is 3.21. The smallest absolute Gasteiger partial charge is 0.481 e. The number of halogens is 3. The van der Waals surface area contributed by atoms with Gasteiger partial charge in [0.2, 0.25) is 11.8 Å². The Kier molecular flexibility index (Phi) is 4.33. The average molecular weight is 261 g/mol. The lowest BCUT2D eigenvalue weighted by Gasteiger charge is -2.14. The van der Waals surface area contributed by atoms with Crippen LogP contribution in [0, 0.1) is 11.3 Å². The van der Waals surface area contributed by atoms with Crippen LogP contribution < -0.4 is 15.2 Å². The number of nitrogens with two attached hydrogens (primary N) is 1. The van der Waals surface area contributed by atoms with Crippen LogP contribution in [0.5, 0.6) is 11.8 Å². The molecule has 0 aliphatic rings. The molecule has 0 fully saturated rings. The standard InChI is InChI=1S/C10H10F3N3O2/c1-17-8-7(5-15)4-6(2-3-14)9(16-8)18-10(11,12)13/h4H,2,5,15H2,1H3. The molecule has 0 saturated carbocycles. The molecule has 1 heterocycles. The third-order valence-electron chi connectivity index (χ3n) is 2.00. The summed E-state index contributed by atoms with van der Waals surface area (Å²) in [5.74, 6) is -0.753. The van der Waals surface area contributed by atoms with E-state index >= 15 is 0 Å². The third-order valence-corrected chi connectivity index (χ3v) is 2.00. The third kappa shape index (κ3) is 3.49. The molecular weight excluding hydrogens is 251 g/mol. The first-order valence-corrected chi connectivity index (χ1v) is 4.80. The first-order chi connectivity index (χ1) is 8.41. The topological polar surface area (TPSA) is 81.2 Å². The number of aromatic nitrogens is 1. The molecule has 0 bridgehead atoms. The van der Waals surface area contributed by atoms with Crippen LogP contribution in [-0.2, 0) is 13.0 Å². The number of hydrogen-bond donors (Lipinski definition) is 1. The molecule has 18 heavy (non-hydrogen) atoms. The van der Waals surface area contributed by atoms with Gasteiger partial charge in [-0.1, -0.05) is 0 Å². The number of methoxy groups -OCH3 is 1. The maximum atomic E-state index is 12.2. The highest BCUT2D eigenvalue weighted by Crippen LogP contribution is 2.29. The second-order valence-electron chi connectivity index (χ2n) is 3.21. The van der Waals surface area contributed by atoms with Gasteiger partial charge in [0.15, 0.2) is 0 Å². The highest BCUT2D eigenvalue weighted by Gasteiger charge is 2.33. The normalized spacial score (nSPS) is 10.9. The summed E-state index contributed by atoms with van der Waals surface area (Å²) in [4.78, 5) is 3.57. The lowest BCUT2D eigenvalue weighted by Crippen LogP contribution is -2.19. The van der Waals surface area contributed by atoms with Crippen molar-refractivity contribution in [2.24, 2.45) is 5.73 Å². The van der Waals surface area contributed by atoms with Gasteiger partial charge in [-0.15, -0.1) is 13.2 Å². The van der Waals surface area contributed by atoms with Gasteiger partial charge >= 0.3 is 6.36 Å². The molecule has 0 aliphatic heterocycles. The van der Waals surface area contributed by atoms with Crippen LogP contribution in [0.4, 0.5) is 13.2 Å². The van der Waals surface area contributed by atoms with Crippen molar-refractivity contribution in [2.75, 3.05) is 7.11 Å². The zero-order valence-corrected chi connectivity index (χ0v) is 9.41. The fraction of sp³-hybridized carbons (Fsp3) is 0.400. The van der Waals surface area contributed by atoms with Crippen LogP contribution in [-0.4, -0.2) is 18.5 Å². The van der Waals surface area contributed by atoms with Gasteiger partial charge in [-0.05, 0) is 6.07 Å². The molecule has 0 amide bonds. The molecule has 0 aromatic carbocycles. The zero-order valence-electron chi connectivity index (χ0n) is 9.41. The van der Waals surface area contributed by atoms with E-state index in [0.717, 1.165) is 0 Å². The van der Waals surface area contributed by atoms with Crippen molar-refractivity contribution in [3.63, 3.8) is 0 Å². The molecule has 8 heteroatoms. The van der Waals surface area contributed by atoms with E-state index in [1.54, 1.807) is 6.07 Å². The summed E-state index contributed by atoms with van der Waals surface area (Å²) in [6.45, 7) is 0.0287. The second kappa shape index (κ2) is 5.55. The summed E-state index contributed by atoms with van der Waals surface area (Å²) in [5.41, 5.74) is 5.81. The Balaban J connectivity index is 3.25. The number of ether oxygens (including phenoxy) is 2. The van der Waals surface area contributed by atoms with E-state index in [0.29, 0.717) is 5.56 Å². The molecule has 1 aromatic heterocycles. The molecule has 2 N–H and O–H groups in total. The molecule has 0 aliphatic carbocycles. The molecule has 1 rings (SSSR count). The number of pyridine rings is 1. The zero-order chi connectivity index (χ0) is 13.8. The Hall–Kier alpha value is -2.01. The van der Waals surface area contributed by atoms with Crippen LogP contribution in [0.3, 0.4) is 0 Å². The van der Waals surface area contributed by atoms with Crippen LogP contribution in [0.25, 0.3) is 0 Å². The van der Waals surface area contributed by atoms with Crippen LogP contribution in [0.15, 0.2) is 6.07 Å². The van der Waals surface area contributed by atoms with E-state index < -0.39 is 12.2 Å². The Morgan fingerprint density at radius 3 is 2.50 bits per heavy atom. The van der Waals surface area contributed by atoms with Crippen molar-refractivity contribution in [2.45, 2.75) is 19.3 Å². The Labute approximate surface area is 101 Å². The summed E-state index contributed by atoms with van der Waals surface area (Å²) < 4.78 is 45.1. The summed E-state index contributed by atoms with van der Waals surface area (Å²) in [5, 5.41) is 8.56. The molecule has 0 spiro atoms. The fourth-order valence-electron chi connectivity index (χ4n) is 1.30. The quantitative estimate of drug-likeness (QED) is 0.888. The number of nitriles is 1. The molecule has 0 atom stereocenters. The first kappa shape index (κ1) is 14.1. The minimum absolute atomic E-state index is 0.0103. The first-order valence-electron chi connectivity index (χ1n) is 4.80. The Bertz CT molecular complexity index is 469. The van der Waals surface area contributed by atoms with Gasteiger partial charge in [-0.3, -0.25) is 0 Å².